The van der Waals surface area contributed by atoms with Gasteiger partial charge in [-0.2, -0.15) is 11.3 Å². The average molecular weight is 312 g/mol. The van der Waals surface area contributed by atoms with Crippen LogP contribution in [0.3, 0.4) is 0 Å². The second-order valence-electron chi connectivity index (χ2n) is 3.69. The molecule has 0 radical (unpaired) electrons. The maximum atomic E-state index is 11.6. The first-order valence-electron chi connectivity index (χ1n) is 5.87. The minimum absolute atomic E-state index is 0.160. The molecule has 1 aromatic heterocycles. The van der Waals surface area contributed by atoms with Gasteiger partial charge in [-0.15, -0.1) is 6.58 Å². The van der Waals surface area contributed by atoms with Crippen molar-refractivity contribution in [3.05, 3.63) is 35.0 Å². The fourth-order valence-corrected chi connectivity index (χ4v) is 1.95. The molecular formula is C12H16N4O2S2. The van der Waals surface area contributed by atoms with E-state index in [9.17, 15) is 9.59 Å². The highest BCUT2D eigenvalue weighted by molar-refractivity contribution is 7.80. The minimum atomic E-state index is -0.265. The molecule has 108 valence electrons. The molecule has 20 heavy (non-hydrogen) atoms. The molecule has 0 bridgehead atoms. The van der Waals surface area contributed by atoms with Crippen LogP contribution in [0.15, 0.2) is 29.5 Å². The molecule has 0 aliphatic rings. The van der Waals surface area contributed by atoms with Gasteiger partial charge in [-0.05, 0) is 23.7 Å². The first kappa shape index (κ1) is 16.1. The summed E-state index contributed by atoms with van der Waals surface area (Å²) >= 11 is 6.34. The molecule has 1 rings (SSSR count). The number of hydrazine groups is 1. The molecule has 0 saturated carbocycles. The smallest absolute Gasteiger partial charge is 0.252 e. The van der Waals surface area contributed by atoms with Gasteiger partial charge >= 0.3 is 0 Å². The molecule has 1 aromatic rings. The third kappa shape index (κ3) is 6.30. The van der Waals surface area contributed by atoms with E-state index in [0.29, 0.717) is 17.2 Å². The van der Waals surface area contributed by atoms with Gasteiger partial charge in [-0.1, -0.05) is 6.08 Å². The second kappa shape index (κ2) is 9.05. The summed E-state index contributed by atoms with van der Waals surface area (Å²) in [6, 6.07) is 1.73. The number of carbonyl (C=O) groups is 2. The number of nitrogens with one attached hydrogen (secondary N) is 4. The van der Waals surface area contributed by atoms with E-state index >= 15 is 0 Å². The van der Waals surface area contributed by atoms with E-state index in [0.717, 1.165) is 0 Å². The van der Waals surface area contributed by atoms with Crippen molar-refractivity contribution in [2.45, 2.75) is 6.42 Å². The van der Waals surface area contributed by atoms with Crippen molar-refractivity contribution in [1.82, 2.24) is 21.5 Å². The fourth-order valence-electron chi connectivity index (χ4n) is 1.18. The molecule has 1 heterocycles. The molecule has 0 aliphatic carbocycles. The van der Waals surface area contributed by atoms with Crippen LogP contribution < -0.4 is 21.5 Å². The molecule has 4 N–H and O–H groups in total. The molecule has 0 unspecified atom stereocenters. The standard InChI is InChI=1S/C12H16N4O2S2/c1-2-5-14-12(19)16-15-10(17)3-6-13-11(18)9-4-7-20-8-9/h2,4,7-8H,1,3,5-6H2,(H,13,18)(H,15,17)(H2,14,16,19). The summed E-state index contributed by atoms with van der Waals surface area (Å²) in [5.41, 5.74) is 5.57. The predicted molar refractivity (Wildman–Crippen MR) is 83.3 cm³/mol. The number of thiophene rings is 1. The van der Waals surface area contributed by atoms with Crippen molar-refractivity contribution in [1.29, 1.82) is 0 Å². The normalized spacial score (nSPS) is 9.40. The van der Waals surface area contributed by atoms with Crippen LogP contribution in [-0.4, -0.2) is 30.0 Å². The largest absolute Gasteiger partial charge is 0.358 e. The van der Waals surface area contributed by atoms with Crippen LogP contribution in [0.1, 0.15) is 16.8 Å². The van der Waals surface area contributed by atoms with Crippen LogP contribution in [0.25, 0.3) is 0 Å². The van der Waals surface area contributed by atoms with Gasteiger partial charge < -0.3 is 10.6 Å². The summed E-state index contributed by atoms with van der Waals surface area (Å²) < 4.78 is 0. The van der Waals surface area contributed by atoms with Crippen LogP contribution in [0.2, 0.25) is 0 Å². The Bertz CT molecular complexity index is 474. The number of amides is 2. The van der Waals surface area contributed by atoms with Crippen LogP contribution in [0.5, 0.6) is 0 Å². The molecule has 0 saturated heterocycles. The van der Waals surface area contributed by atoms with Gasteiger partial charge in [-0.3, -0.25) is 20.4 Å². The molecule has 8 heteroatoms. The highest BCUT2D eigenvalue weighted by atomic mass is 32.1. The highest BCUT2D eigenvalue weighted by Gasteiger charge is 2.06. The Kier molecular flexibility index (Phi) is 7.30. The zero-order valence-electron chi connectivity index (χ0n) is 10.8. The van der Waals surface area contributed by atoms with Gasteiger partial charge in [-0.25, -0.2) is 0 Å². The van der Waals surface area contributed by atoms with E-state index in [-0.39, 0.29) is 24.8 Å². The Morgan fingerprint density at radius 1 is 1.35 bits per heavy atom. The Morgan fingerprint density at radius 3 is 2.80 bits per heavy atom. The first-order chi connectivity index (χ1) is 9.63. The minimum Gasteiger partial charge on any atom is -0.358 e. The summed E-state index contributed by atoms with van der Waals surface area (Å²) in [7, 11) is 0. The third-order valence-corrected chi connectivity index (χ3v) is 3.07. The quantitative estimate of drug-likeness (QED) is 0.350. The number of carbonyl (C=O) groups excluding carboxylic acids is 2. The van der Waals surface area contributed by atoms with E-state index in [2.05, 4.69) is 28.1 Å². The summed E-state index contributed by atoms with van der Waals surface area (Å²) in [6.07, 6.45) is 1.81. The summed E-state index contributed by atoms with van der Waals surface area (Å²) in [5, 5.41) is 9.33. The Labute approximate surface area is 126 Å². The first-order valence-corrected chi connectivity index (χ1v) is 7.22. The number of thiocarbonyl (C=S) groups is 1. The van der Waals surface area contributed by atoms with Crippen molar-refractivity contribution in [2.24, 2.45) is 0 Å². The van der Waals surface area contributed by atoms with Crippen LogP contribution >= 0.6 is 23.6 Å². The Morgan fingerprint density at radius 2 is 2.15 bits per heavy atom. The molecule has 0 fully saturated rings. The number of hydrogen-bond donors (Lipinski definition) is 4. The topological polar surface area (TPSA) is 82.3 Å². The van der Waals surface area contributed by atoms with Crippen molar-refractivity contribution in [3.8, 4) is 0 Å². The van der Waals surface area contributed by atoms with E-state index < -0.39 is 0 Å². The third-order valence-electron chi connectivity index (χ3n) is 2.14. The molecule has 0 aliphatic heterocycles. The van der Waals surface area contributed by atoms with E-state index in [1.54, 1.807) is 17.5 Å². The van der Waals surface area contributed by atoms with Gasteiger partial charge in [0.1, 0.15) is 0 Å². The SMILES string of the molecule is C=CCNC(=S)NNC(=O)CCNC(=O)c1ccsc1. The lowest BCUT2D eigenvalue weighted by Gasteiger charge is -2.10. The van der Waals surface area contributed by atoms with E-state index in [4.69, 9.17) is 12.2 Å². The molecule has 0 aromatic carbocycles. The number of rotatable bonds is 6. The molecule has 6 nitrogen and oxygen atoms in total. The van der Waals surface area contributed by atoms with E-state index in [1.807, 2.05) is 5.38 Å². The van der Waals surface area contributed by atoms with Gasteiger partial charge in [0.05, 0.1) is 0 Å². The van der Waals surface area contributed by atoms with Gasteiger partial charge in [0.25, 0.3) is 5.91 Å². The van der Waals surface area contributed by atoms with Crippen LogP contribution in [-0.2, 0) is 4.79 Å². The molecule has 0 atom stereocenters. The zero-order valence-corrected chi connectivity index (χ0v) is 12.4. The Balaban J connectivity index is 2.12. The molecule has 0 spiro atoms. The van der Waals surface area contributed by atoms with Crippen LogP contribution in [0, 0.1) is 0 Å². The van der Waals surface area contributed by atoms with Crippen molar-refractivity contribution >= 4 is 40.5 Å². The second-order valence-corrected chi connectivity index (χ2v) is 4.88. The highest BCUT2D eigenvalue weighted by Crippen LogP contribution is 2.04. The molecular weight excluding hydrogens is 296 g/mol. The van der Waals surface area contributed by atoms with Crippen LogP contribution in [0.4, 0.5) is 0 Å². The lowest BCUT2D eigenvalue weighted by atomic mass is 10.3. The average Bonchev–Trinajstić information content (AvgIpc) is 2.97. The van der Waals surface area contributed by atoms with Crippen molar-refractivity contribution in [3.63, 3.8) is 0 Å². The zero-order chi connectivity index (χ0) is 14.8. The molecule has 2 amide bonds. The fraction of sp³-hybridized carbons (Fsp3) is 0.250. The van der Waals surface area contributed by atoms with Crippen molar-refractivity contribution in [2.75, 3.05) is 13.1 Å². The maximum Gasteiger partial charge on any atom is 0.252 e. The number of hydrogen-bond acceptors (Lipinski definition) is 4. The van der Waals surface area contributed by atoms with Gasteiger partial charge in [0, 0.05) is 30.5 Å². The summed E-state index contributed by atoms with van der Waals surface area (Å²) in [6.45, 7) is 4.30. The van der Waals surface area contributed by atoms with Gasteiger partial charge in [0.15, 0.2) is 5.11 Å². The maximum absolute atomic E-state index is 11.6. The monoisotopic (exact) mass is 312 g/mol. The lowest BCUT2D eigenvalue weighted by molar-refractivity contribution is -0.121. The predicted octanol–water partition coefficient (Wildman–Crippen LogP) is 0.549. The van der Waals surface area contributed by atoms with E-state index in [1.165, 1.54) is 11.3 Å². The van der Waals surface area contributed by atoms with Crippen molar-refractivity contribution < 1.29 is 9.59 Å². The Hall–Kier alpha value is -1.93. The summed E-state index contributed by atoms with van der Waals surface area (Å²) in [5.74, 6) is -0.450. The summed E-state index contributed by atoms with van der Waals surface area (Å²) in [4.78, 5) is 23.0. The lowest BCUT2D eigenvalue weighted by Crippen LogP contribution is -2.47. The van der Waals surface area contributed by atoms with Gasteiger partial charge in [0.2, 0.25) is 5.91 Å².